The summed E-state index contributed by atoms with van der Waals surface area (Å²) in [5.41, 5.74) is 1.07. The average Bonchev–Trinajstić information content (AvgIpc) is 2.89. The van der Waals surface area contributed by atoms with E-state index in [9.17, 15) is 0 Å². The van der Waals surface area contributed by atoms with Gasteiger partial charge in [-0.25, -0.2) is 0 Å². The maximum Gasteiger partial charge on any atom is 0.180 e. The van der Waals surface area contributed by atoms with E-state index >= 15 is 0 Å². The van der Waals surface area contributed by atoms with Crippen molar-refractivity contribution in [2.75, 3.05) is 13.7 Å². The van der Waals surface area contributed by atoms with Crippen LogP contribution >= 0.6 is 38.9 Å². The van der Waals surface area contributed by atoms with E-state index in [1.54, 1.807) is 18.4 Å². The van der Waals surface area contributed by atoms with Crippen molar-refractivity contribution in [1.82, 2.24) is 5.32 Å². The van der Waals surface area contributed by atoms with Crippen LogP contribution < -0.4 is 14.8 Å². The predicted octanol–water partition coefficient (Wildman–Crippen LogP) is 4.86. The Morgan fingerprint density at radius 1 is 1.33 bits per heavy atom. The molecule has 114 valence electrons. The van der Waals surface area contributed by atoms with E-state index in [1.807, 2.05) is 23.6 Å². The van der Waals surface area contributed by atoms with E-state index in [4.69, 9.17) is 21.1 Å². The summed E-state index contributed by atoms with van der Waals surface area (Å²) in [6.45, 7) is 4.20. The van der Waals surface area contributed by atoms with Gasteiger partial charge in [0, 0.05) is 21.3 Å². The second-order valence-corrected chi connectivity index (χ2v) is 6.73. The Labute approximate surface area is 142 Å². The molecule has 1 heterocycles. The predicted molar refractivity (Wildman–Crippen MR) is 91.7 cm³/mol. The van der Waals surface area contributed by atoms with Crippen LogP contribution in [0.1, 0.15) is 17.4 Å². The third-order valence-corrected chi connectivity index (χ3v) is 4.80. The first kappa shape index (κ1) is 16.6. The lowest BCUT2D eigenvalue weighted by Gasteiger charge is -2.14. The Kier molecular flexibility index (Phi) is 6.36. The van der Waals surface area contributed by atoms with Crippen LogP contribution in [0.4, 0.5) is 0 Å². The van der Waals surface area contributed by atoms with E-state index in [0.717, 1.165) is 28.0 Å². The molecule has 2 aromatic rings. The molecule has 0 spiro atoms. The summed E-state index contributed by atoms with van der Waals surface area (Å²) in [7, 11) is 1.62. The monoisotopic (exact) mass is 389 g/mol. The van der Waals surface area contributed by atoms with Crippen molar-refractivity contribution in [3.8, 4) is 11.5 Å². The summed E-state index contributed by atoms with van der Waals surface area (Å²) in [4.78, 5) is 1.12. The van der Waals surface area contributed by atoms with E-state index in [2.05, 4.69) is 28.2 Å². The molecule has 2 rings (SSSR count). The molecule has 0 fully saturated rings. The fourth-order valence-corrected chi connectivity index (χ4v) is 3.51. The van der Waals surface area contributed by atoms with Gasteiger partial charge in [-0.1, -0.05) is 18.5 Å². The average molecular weight is 391 g/mol. The van der Waals surface area contributed by atoms with Gasteiger partial charge in [0.2, 0.25) is 0 Å². The van der Waals surface area contributed by atoms with Crippen LogP contribution in [-0.4, -0.2) is 13.7 Å². The number of hydrogen-bond donors (Lipinski definition) is 1. The molecule has 0 amide bonds. The summed E-state index contributed by atoms with van der Waals surface area (Å²) in [6.07, 6.45) is 0. The lowest BCUT2D eigenvalue weighted by molar-refractivity contribution is 0.287. The minimum atomic E-state index is 0.471. The first-order chi connectivity index (χ1) is 10.1. The fourth-order valence-electron chi connectivity index (χ4n) is 1.86. The van der Waals surface area contributed by atoms with E-state index in [-0.39, 0.29) is 0 Å². The van der Waals surface area contributed by atoms with Crippen LogP contribution in [-0.2, 0) is 13.2 Å². The van der Waals surface area contributed by atoms with E-state index in [0.29, 0.717) is 23.1 Å². The molecule has 6 heteroatoms. The molecule has 1 aromatic heterocycles. The molecule has 0 bridgehead atoms. The Morgan fingerprint density at radius 3 is 2.76 bits per heavy atom. The highest BCUT2D eigenvalue weighted by Crippen LogP contribution is 2.37. The maximum atomic E-state index is 6.33. The molecule has 1 aromatic carbocycles. The number of ether oxygens (including phenoxy) is 2. The summed E-state index contributed by atoms with van der Waals surface area (Å²) in [5, 5.41) is 5.86. The molecule has 0 radical (unpaired) electrons. The van der Waals surface area contributed by atoms with Crippen molar-refractivity contribution in [3.63, 3.8) is 0 Å². The Hall–Kier alpha value is -0.750. The van der Waals surface area contributed by atoms with Crippen molar-refractivity contribution in [2.24, 2.45) is 0 Å². The van der Waals surface area contributed by atoms with Crippen molar-refractivity contribution in [2.45, 2.75) is 20.1 Å². The third-order valence-electron chi connectivity index (χ3n) is 2.85. The van der Waals surface area contributed by atoms with Crippen molar-refractivity contribution in [3.05, 3.63) is 43.5 Å². The van der Waals surface area contributed by atoms with Gasteiger partial charge in [-0.3, -0.25) is 0 Å². The van der Waals surface area contributed by atoms with Gasteiger partial charge in [-0.05, 0) is 46.2 Å². The second-order valence-electron chi connectivity index (χ2n) is 4.41. The molecule has 0 atom stereocenters. The van der Waals surface area contributed by atoms with Crippen LogP contribution in [0.25, 0.3) is 0 Å². The zero-order valence-electron chi connectivity index (χ0n) is 11.9. The zero-order chi connectivity index (χ0) is 15.2. The van der Waals surface area contributed by atoms with Crippen molar-refractivity contribution in [1.29, 1.82) is 0 Å². The number of rotatable bonds is 7. The molecular formula is C15H17BrClNO2S. The second kappa shape index (κ2) is 8.03. The summed E-state index contributed by atoms with van der Waals surface area (Å²) < 4.78 is 12.3. The van der Waals surface area contributed by atoms with Crippen molar-refractivity contribution >= 4 is 38.9 Å². The number of thiophene rings is 1. The smallest absolute Gasteiger partial charge is 0.180 e. The quantitative estimate of drug-likeness (QED) is 0.732. The van der Waals surface area contributed by atoms with Gasteiger partial charge < -0.3 is 14.8 Å². The van der Waals surface area contributed by atoms with Gasteiger partial charge in [0.1, 0.15) is 6.61 Å². The van der Waals surface area contributed by atoms with Gasteiger partial charge in [-0.15, -0.1) is 11.3 Å². The van der Waals surface area contributed by atoms with Crippen LogP contribution in [0.3, 0.4) is 0 Å². The first-order valence-corrected chi connectivity index (χ1v) is 8.62. The highest BCUT2D eigenvalue weighted by atomic mass is 79.9. The SMILES string of the molecule is CCNCc1cc(Cl)c(OCc2cc(Br)cs2)c(OC)c1. The van der Waals surface area contributed by atoms with Gasteiger partial charge in [0.05, 0.1) is 12.1 Å². The highest BCUT2D eigenvalue weighted by molar-refractivity contribution is 9.10. The largest absolute Gasteiger partial charge is 0.493 e. The molecule has 1 N–H and O–H groups in total. The van der Waals surface area contributed by atoms with Gasteiger partial charge in [0.25, 0.3) is 0 Å². The fraction of sp³-hybridized carbons (Fsp3) is 0.333. The zero-order valence-corrected chi connectivity index (χ0v) is 15.1. The van der Waals surface area contributed by atoms with Crippen LogP contribution in [0.15, 0.2) is 28.1 Å². The Bertz CT molecular complexity index is 603. The van der Waals surface area contributed by atoms with Crippen LogP contribution in [0, 0.1) is 0 Å². The number of halogens is 2. The number of benzene rings is 1. The number of nitrogens with one attached hydrogen (secondary N) is 1. The lowest BCUT2D eigenvalue weighted by Crippen LogP contribution is -2.12. The number of methoxy groups -OCH3 is 1. The molecule has 0 saturated carbocycles. The summed E-state index contributed by atoms with van der Waals surface area (Å²) in [5.74, 6) is 1.25. The van der Waals surface area contributed by atoms with Crippen molar-refractivity contribution < 1.29 is 9.47 Å². The lowest BCUT2D eigenvalue weighted by atomic mass is 10.2. The Morgan fingerprint density at radius 2 is 2.14 bits per heavy atom. The summed E-state index contributed by atoms with van der Waals surface area (Å²) >= 11 is 11.4. The molecule has 0 saturated heterocycles. The topological polar surface area (TPSA) is 30.5 Å². The maximum absolute atomic E-state index is 6.33. The van der Waals surface area contributed by atoms with Crippen LogP contribution in [0.2, 0.25) is 5.02 Å². The molecule has 0 aliphatic rings. The summed E-state index contributed by atoms with van der Waals surface area (Å²) in [6, 6.07) is 5.89. The van der Waals surface area contributed by atoms with Gasteiger partial charge >= 0.3 is 0 Å². The molecule has 3 nitrogen and oxygen atoms in total. The standard InChI is InChI=1S/C15H17BrClNO2S/c1-3-18-7-10-4-13(17)15(14(5-10)19-2)20-8-12-6-11(16)9-21-12/h4-6,9,18H,3,7-8H2,1-2H3. The van der Waals surface area contributed by atoms with Gasteiger partial charge in [0.15, 0.2) is 11.5 Å². The molecule has 0 aliphatic carbocycles. The molecule has 0 aliphatic heterocycles. The van der Waals surface area contributed by atoms with E-state index in [1.165, 1.54) is 0 Å². The minimum absolute atomic E-state index is 0.471. The minimum Gasteiger partial charge on any atom is -0.493 e. The third kappa shape index (κ3) is 4.61. The highest BCUT2D eigenvalue weighted by Gasteiger charge is 2.12. The molecular weight excluding hydrogens is 374 g/mol. The normalized spacial score (nSPS) is 10.7. The molecule has 0 unspecified atom stereocenters. The number of hydrogen-bond acceptors (Lipinski definition) is 4. The van der Waals surface area contributed by atoms with Gasteiger partial charge in [-0.2, -0.15) is 0 Å². The Balaban J connectivity index is 2.14. The van der Waals surface area contributed by atoms with Crippen LogP contribution in [0.5, 0.6) is 11.5 Å². The first-order valence-electron chi connectivity index (χ1n) is 6.57. The molecule has 21 heavy (non-hydrogen) atoms. The van der Waals surface area contributed by atoms with E-state index < -0.39 is 0 Å².